The van der Waals surface area contributed by atoms with E-state index >= 15 is 0 Å². The highest BCUT2D eigenvalue weighted by atomic mass is 32.2. The van der Waals surface area contributed by atoms with Crippen molar-refractivity contribution in [2.75, 3.05) is 26.3 Å². The maximum absolute atomic E-state index is 11.2. The summed E-state index contributed by atoms with van der Waals surface area (Å²) in [6.45, 7) is 3.86. The van der Waals surface area contributed by atoms with Gasteiger partial charge in [-0.15, -0.1) is 11.3 Å². The SMILES string of the molecule is NS(=O)(=O)c1cc2cc(CNN3CCOCC3)sc2o1. The molecule has 2 aromatic heterocycles. The molecule has 110 valence electrons. The van der Waals surface area contributed by atoms with Gasteiger partial charge < -0.3 is 9.15 Å². The van der Waals surface area contributed by atoms with Crippen molar-refractivity contribution in [3.8, 4) is 0 Å². The van der Waals surface area contributed by atoms with Crippen molar-refractivity contribution in [1.82, 2.24) is 10.4 Å². The van der Waals surface area contributed by atoms with E-state index in [0.29, 0.717) is 11.4 Å². The Morgan fingerprint density at radius 3 is 2.75 bits per heavy atom. The number of morpholine rings is 1. The molecular weight excluding hydrogens is 302 g/mol. The normalized spacial score (nSPS) is 17.9. The van der Waals surface area contributed by atoms with Crippen LogP contribution in [0.2, 0.25) is 0 Å². The van der Waals surface area contributed by atoms with E-state index in [4.69, 9.17) is 14.3 Å². The Morgan fingerprint density at radius 1 is 1.35 bits per heavy atom. The molecule has 0 bridgehead atoms. The minimum absolute atomic E-state index is 0.188. The number of hydrogen-bond acceptors (Lipinski definition) is 7. The Balaban J connectivity index is 1.69. The van der Waals surface area contributed by atoms with Gasteiger partial charge in [-0.3, -0.25) is 0 Å². The first-order valence-electron chi connectivity index (χ1n) is 6.13. The summed E-state index contributed by atoms with van der Waals surface area (Å²) < 4.78 is 32.9. The summed E-state index contributed by atoms with van der Waals surface area (Å²) in [6.07, 6.45) is 0. The van der Waals surface area contributed by atoms with Gasteiger partial charge in [0, 0.05) is 36.0 Å². The van der Waals surface area contributed by atoms with Crippen LogP contribution in [0.1, 0.15) is 4.88 Å². The highest BCUT2D eigenvalue weighted by Gasteiger charge is 2.17. The van der Waals surface area contributed by atoms with Crippen molar-refractivity contribution in [3.63, 3.8) is 0 Å². The van der Waals surface area contributed by atoms with E-state index in [2.05, 4.69) is 10.4 Å². The number of nitrogens with one attached hydrogen (secondary N) is 1. The first-order valence-corrected chi connectivity index (χ1v) is 8.50. The molecule has 20 heavy (non-hydrogen) atoms. The number of hydrazine groups is 1. The lowest BCUT2D eigenvalue weighted by atomic mass is 10.4. The Morgan fingerprint density at radius 2 is 2.10 bits per heavy atom. The van der Waals surface area contributed by atoms with Gasteiger partial charge in [0.2, 0.25) is 5.09 Å². The third kappa shape index (κ3) is 3.03. The minimum Gasteiger partial charge on any atom is -0.433 e. The van der Waals surface area contributed by atoms with Crippen molar-refractivity contribution in [3.05, 3.63) is 17.0 Å². The van der Waals surface area contributed by atoms with Gasteiger partial charge in [0.05, 0.1) is 13.2 Å². The van der Waals surface area contributed by atoms with E-state index in [-0.39, 0.29) is 5.09 Å². The van der Waals surface area contributed by atoms with Gasteiger partial charge in [-0.2, -0.15) is 0 Å². The molecule has 1 saturated heterocycles. The predicted octanol–water partition coefficient (Wildman–Crippen LogP) is 0.479. The van der Waals surface area contributed by atoms with Crippen LogP contribution in [0.5, 0.6) is 0 Å². The molecule has 0 spiro atoms. The number of sulfonamides is 1. The summed E-state index contributed by atoms with van der Waals surface area (Å²) >= 11 is 1.42. The van der Waals surface area contributed by atoms with Crippen LogP contribution in [0.3, 0.4) is 0 Å². The number of primary sulfonamides is 1. The van der Waals surface area contributed by atoms with E-state index in [1.54, 1.807) is 0 Å². The summed E-state index contributed by atoms with van der Waals surface area (Å²) in [6, 6.07) is 3.37. The van der Waals surface area contributed by atoms with Crippen LogP contribution in [-0.4, -0.2) is 39.7 Å². The first-order chi connectivity index (χ1) is 9.52. The molecular formula is C11H15N3O4S2. The Labute approximate surface area is 120 Å². The lowest BCUT2D eigenvalue weighted by Gasteiger charge is -2.26. The lowest BCUT2D eigenvalue weighted by Crippen LogP contribution is -2.45. The maximum atomic E-state index is 11.2. The van der Waals surface area contributed by atoms with Crippen LogP contribution in [0.15, 0.2) is 21.6 Å². The highest BCUT2D eigenvalue weighted by molar-refractivity contribution is 7.89. The lowest BCUT2D eigenvalue weighted by molar-refractivity contribution is 0.0107. The topological polar surface area (TPSA) is 97.8 Å². The fourth-order valence-electron chi connectivity index (χ4n) is 2.01. The zero-order valence-corrected chi connectivity index (χ0v) is 12.3. The fraction of sp³-hybridized carbons (Fsp3) is 0.455. The predicted molar refractivity (Wildman–Crippen MR) is 74.7 cm³/mol. The smallest absolute Gasteiger partial charge is 0.271 e. The molecule has 1 aliphatic rings. The van der Waals surface area contributed by atoms with Gasteiger partial charge in [-0.25, -0.2) is 24.0 Å². The second kappa shape index (κ2) is 5.43. The number of thiophene rings is 1. The zero-order valence-electron chi connectivity index (χ0n) is 10.7. The largest absolute Gasteiger partial charge is 0.433 e. The van der Waals surface area contributed by atoms with Crippen molar-refractivity contribution in [2.24, 2.45) is 5.14 Å². The average Bonchev–Trinajstić information content (AvgIpc) is 2.95. The number of hydrogen-bond donors (Lipinski definition) is 2. The second-order valence-corrected chi connectivity index (χ2v) is 7.09. The molecule has 1 fully saturated rings. The van der Waals surface area contributed by atoms with Crippen molar-refractivity contribution < 1.29 is 17.6 Å². The van der Waals surface area contributed by atoms with E-state index in [1.165, 1.54) is 17.4 Å². The number of nitrogens with zero attached hydrogens (tertiary/aromatic N) is 1. The van der Waals surface area contributed by atoms with Crippen molar-refractivity contribution in [1.29, 1.82) is 0 Å². The summed E-state index contributed by atoms with van der Waals surface area (Å²) in [5.74, 6) is 0. The van der Waals surface area contributed by atoms with Crippen LogP contribution in [-0.2, 0) is 21.3 Å². The number of rotatable bonds is 4. The number of fused-ring (bicyclic) bond motifs is 1. The molecule has 0 unspecified atom stereocenters. The number of ether oxygens (including phenoxy) is 1. The molecule has 0 aliphatic carbocycles. The summed E-state index contributed by atoms with van der Waals surface area (Å²) in [5, 5.41) is 7.71. The zero-order chi connectivity index (χ0) is 14.2. The standard InChI is InChI=1S/C11H15N3O4S2/c12-20(15,16)10-6-8-5-9(19-11(8)18-10)7-13-14-1-3-17-4-2-14/h5-6,13H,1-4,7H2,(H2,12,15,16). The van der Waals surface area contributed by atoms with Crippen LogP contribution >= 0.6 is 11.3 Å². The summed E-state index contributed by atoms with van der Waals surface area (Å²) in [4.78, 5) is 1.65. The van der Waals surface area contributed by atoms with Crippen LogP contribution in [0, 0.1) is 0 Å². The number of nitrogens with two attached hydrogens (primary N) is 1. The molecule has 3 rings (SSSR count). The fourth-order valence-corrected chi connectivity index (χ4v) is 3.48. The third-order valence-electron chi connectivity index (χ3n) is 3.01. The molecule has 0 radical (unpaired) electrons. The molecule has 0 aromatic carbocycles. The maximum Gasteiger partial charge on any atom is 0.271 e. The Hall–Kier alpha value is -0.970. The van der Waals surface area contributed by atoms with Crippen LogP contribution in [0.4, 0.5) is 0 Å². The van der Waals surface area contributed by atoms with E-state index in [0.717, 1.165) is 36.6 Å². The molecule has 7 nitrogen and oxygen atoms in total. The molecule has 0 saturated carbocycles. The van der Waals surface area contributed by atoms with E-state index in [1.807, 2.05) is 6.07 Å². The first kappa shape index (κ1) is 14.0. The van der Waals surface area contributed by atoms with Gasteiger partial charge in [-0.05, 0) is 6.07 Å². The van der Waals surface area contributed by atoms with Gasteiger partial charge in [0.1, 0.15) is 0 Å². The molecule has 3 heterocycles. The average molecular weight is 317 g/mol. The molecule has 1 aliphatic heterocycles. The Bertz CT molecular complexity index is 669. The molecule has 0 atom stereocenters. The molecule has 3 N–H and O–H groups in total. The summed E-state index contributed by atoms with van der Waals surface area (Å²) in [5.41, 5.74) is 3.31. The van der Waals surface area contributed by atoms with Crippen molar-refractivity contribution in [2.45, 2.75) is 11.6 Å². The van der Waals surface area contributed by atoms with Gasteiger partial charge in [0.15, 0.2) is 4.90 Å². The minimum atomic E-state index is -3.77. The molecule has 9 heteroatoms. The van der Waals surface area contributed by atoms with Gasteiger partial charge in [-0.1, -0.05) is 0 Å². The van der Waals surface area contributed by atoms with E-state index < -0.39 is 10.0 Å². The van der Waals surface area contributed by atoms with Crippen LogP contribution in [0.25, 0.3) is 10.3 Å². The number of furan rings is 1. The monoisotopic (exact) mass is 317 g/mol. The third-order valence-corrected chi connectivity index (χ3v) is 4.80. The molecule has 2 aromatic rings. The quantitative estimate of drug-likeness (QED) is 0.851. The van der Waals surface area contributed by atoms with Gasteiger partial charge >= 0.3 is 0 Å². The molecule has 0 amide bonds. The van der Waals surface area contributed by atoms with Crippen molar-refractivity contribution >= 4 is 31.6 Å². The summed E-state index contributed by atoms with van der Waals surface area (Å²) in [7, 11) is -3.77. The van der Waals surface area contributed by atoms with Gasteiger partial charge in [0.25, 0.3) is 10.0 Å². The second-order valence-electron chi connectivity index (χ2n) is 4.50. The highest BCUT2D eigenvalue weighted by Crippen LogP contribution is 2.30. The van der Waals surface area contributed by atoms with Crippen LogP contribution < -0.4 is 10.6 Å². The van der Waals surface area contributed by atoms with E-state index in [9.17, 15) is 8.42 Å². The Kier molecular flexibility index (Phi) is 3.80.